The first-order valence-corrected chi connectivity index (χ1v) is 6.61. The zero-order chi connectivity index (χ0) is 14.3. The van der Waals surface area contributed by atoms with Gasteiger partial charge in [0.25, 0.3) is 0 Å². The number of carbonyl (C=O) groups is 1. The lowest BCUT2D eigenvalue weighted by molar-refractivity contribution is 0.104. The van der Waals surface area contributed by atoms with Crippen LogP contribution in [0.25, 0.3) is 10.9 Å². The van der Waals surface area contributed by atoms with Crippen LogP contribution in [0, 0.1) is 6.92 Å². The molecule has 100 valence electrons. The molecule has 3 N–H and O–H groups in total. The second-order valence-corrected chi connectivity index (χ2v) is 5.23. The zero-order valence-corrected chi connectivity index (χ0v) is 11.7. The highest BCUT2D eigenvalue weighted by Gasteiger charge is 2.16. The van der Waals surface area contributed by atoms with Gasteiger partial charge in [0.2, 0.25) is 0 Å². The van der Waals surface area contributed by atoms with E-state index in [4.69, 9.17) is 17.3 Å². The number of hydrogen-bond donors (Lipinski definition) is 2. The molecule has 20 heavy (non-hydrogen) atoms. The summed E-state index contributed by atoms with van der Waals surface area (Å²) in [7, 11) is 0. The Balaban J connectivity index is 2.15. The molecule has 0 saturated carbocycles. The quantitative estimate of drug-likeness (QED) is 0.553. The number of anilines is 1. The van der Waals surface area contributed by atoms with Gasteiger partial charge in [-0.2, -0.15) is 0 Å². The van der Waals surface area contributed by atoms with E-state index >= 15 is 0 Å². The van der Waals surface area contributed by atoms with E-state index in [2.05, 4.69) is 4.98 Å². The third kappa shape index (κ3) is 2.06. The Kier molecular flexibility index (Phi) is 2.99. The SMILES string of the molecule is Cc1cc(N)ccc1C(=O)c1c[nH]c2ccc(Cl)cc12. The monoisotopic (exact) mass is 284 g/mol. The largest absolute Gasteiger partial charge is 0.399 e. The Labute approximate surface area is 121 Å². The van der Waals surface area contributed by atoms with Crippen LogP contribution < -0.4 is 5.73 Å². The molecule has 0 fully saturated rings. The van der Waals surface area contributed by atoms with Crippen LogP contribution in [0.4, 0.5) is 5.69 Å². The number of hydrogen-bond acceptors (Lipinski definition) is 2. The van der Waals surface area contributed by atoms with E-state index in [0.29, 0.717) is 21.8 Å². The number of H-pyrrole nitrogens is 1. The van der Waals surface area contributed by atoms with Crippen molar-refractivity contribution < 1.29 is 4.79 Å². The predicted octanol–water partition coefficient (Wildman–Crippen LogP) is 3.94. The summed E-state index contributed by atoms with van der Waals surface area (Å²) in [6.07, 6.45) is 1.72. The van der Waals surface area contributed by atoms with E-state index in [-0.39, 0.29) is 5.78 Å². The summed E-state index contributed by atoms with van der Waals surface area (Å²) in [6, 6.07) is 10.8. The highest BCUT2D eigenvalue weighted by Crippen LogP contribution is 2.25. The Morgan fingerprint density at radius 2 is 1.95 bits per heavy atom. The molecule has 3 nitrogen and oxygen atoms in total. The molecule has 1 aromatic heterocycles. The Bertz CT molecular complexity index is 820. The molecule has 0 unspecified atom stereocenters. The summed E-state index contributed by atoms with van der Waals surface area (Å²) in [4.78, 5) is 15.8. The maximum absolute atomic E-state index is 12.7. The fraction of sp³-hybridized carbons (Fsp3) is 0.0625. The van der Waals surface area contributed by atoms with E-state index < -0.39 is 0 Å². The fourth-order valence-electron chi connectivity index (χ4n) is 2.37. The molecule has 0 atom stereocenters. The summed E-state index contributed by atoms with van der Waals surface area (Å²) in [5.74, 6) is -0.0315. The van der Waals surface area contributed by atoms with Crippen LogP contribution in [0.2, 0.25) is 5.02 Å². The summed E-state index contributed by atoms with van der Waals surface area (Å²) < 4.78 is 0. The molecule has 1 heterocycles. The first kappa shape index (κ1) is 12.8. The number of nitrogens with two attached hydrogens (primary N) is 1. The molecule has 0 aliphatic heterocycles. The van der Waals surface area contributed by atoms with E-state index in [9.17, 15) is 4.79 Å². The lowest BCUT2D eigenvalue weighted by Crippen LogP contribution is -2.03. The lowest BCUT2D eigenvalue weighted by Gasteiger charge is -2.05. The molecule has 0 radical (unpaired) electrons. The topological polar surface area (TPSA) is 58.9 Å². The van der Waals surface area contributed by atoms with Gasteiger partial charge in [-0.05, 0) is 48.9 Å². The van der Waals surface area contributed by atoms with Crippen molar-refractivity contribution in [2.45, 2.75) is 6.92 Å². The van der Waals surface area contributed by atoms with E-state index in [1.165, 1.54) is 0 Å². The summed E-state index contributed by atoms with van der Waals surface area (Å²) in [6.45, 7) is 1.88. The average molecular weight is 285 g/mol. The van der Waals surface area contributed by atoms with Gasteiger partial charge >= 0.3 is 0 Å². The molecule has 0 spiro atoms. The Morgan fingerprint density at radius 3 is 2.70 bits per heavy atom. The number of carbonyl (C=O) groups excluding carboxylic acids is 1. The smallest absolute Gasteiger partial charge is 0.195 e. The summed E-state index contributed by atoms with van der Waals surface area (Å²) >= 11 is 6.01. The standard InChI is InChI=1S/C16H13ClN2O/c1-9-6-11(18)3-4-12(9)16(20)14-8-19-15-5-2-10(17)7-13(14)15/h2-8,19H,18H2,1H3. The highest BCUT2D eigenvalue weighted by molar-refractivity contribution is 6.31. The summed E-state index contributed by atoms with van der Waals surface area (Å²) in [5.41, 5.74) is 9.41. The molecule has 0 aliphatic rings. The minimum atomic E-state index is -0.0315. The van der Waals surface area contributed by atoms with Crippen molar-refractivity contribution in [3.63, 3.8) is 0 Å². The highest BCUT2D eigenvalue weighted by atomic mass is 35.5. The molecule has 0 amide bonds. The number of aryl methyl sites for hydroxylation is 1. The van der Waals surface area contributed by atoms with Gasteiger partial charge in [-0.25, -0.2) is 0 Å². The van der Waals surface area contributed by atoms with Crippen molar-refractivity contribution in [1.82, 2.24) is 4.98 Å². The van der Waals surface area contributed by atoms with Gasteiger partial charge in [-0.3, -0.25) is 4.79 Å². The van der Waals surface area contributed by atoms with E-state index in [1.54, 1.807) is 36.5 Å². The molecule has 2 aromatic carbocycles. The van der Waals surface area contributed by atoms with Gasteiger partial charge in [-0.1, -0.05) is 11.6 Å². The zero-order valence-electron chi connectivity index (χ0n) is 10.9. The predicted molar refractivity (Wildman–Crippen MR) is 82.3 cm³/mol. The molecule has 0 bridgehead atoms. The molecule has 0 aliphatic carbocycles. The number of benzene rings is 2. The van der Waals surface area contributed by atoms with Crippen molar-refractivity contribution in [1.29, 1.82) is 0 Å². The molecule has 0 saturated heterocycles. The number of halogens is 1. The normalized spacial score (nSPS) is 10.9. The third-order valence-electron chi connectivity index (χ3n) is 3.38. The van der Waals surface area contributed by atoms with Crippen LogP contribution in [-0.2, 0) is 0 Å². The number of fused-ring (bicyclic) bond motifs is 1. The van der Waals surface area contributed by atoms with Crippen molar-refractivity contribution >= 4 is 34.0 Å². The van der Waals surface area contributed by atoms with Crippen molar-refractivity contribution in [2.75, 3.05) is 5.73 Å². The number of aromatic amines is 1. The first-order chi connectivity index (χ1) is 9.56. The first-order valence-electron chi connectivity index (χ1n) is 6.24. The minimum absolute atomic E-state index is 0.0315. The van der Waals surface area contributed by atoms with Gasteiger partial charge in [0.15, 0.2) is 5.78 Å². The van der Waals surface area contributed by atoms with Gasteiger partial charge in [0, 0.05) is 38.9 Å². The molecule has 3 aromatic rings. The van der Waals surface area contributed by atoms with E-state index in [0.717, 1.165) is 16.5 Å². The number of ketones is 1. The van der Waals surface area contributed by atoms with Crippen molar-refractivity contribution in [2.24, 2.45) is 0 Å². The van der Waals surface area contributed by atoms with Crippen LogP contribution in [-0.4, -0.2) is 10.8 Å². The van der Waals surface area contributed by atoms with Crippen LogP contribution in [0.15, 0.2) is 42.6 Å². The molecular formula is C16H13ClN2O. The fourth-order valence-corrected chi connectivity index (χ4v) is 2.54. The number of nitrogen functional groups attached to an aromatic ring is 1. The van der Waals surface area contributed by atoms with Gasteiger partial charge in [0.05, 0.1) is 0 Å². The second-order valence-electron chi connectivity index (χ2n) is 4.80. The van der Waals surface area contributed by atoms with Crippen molar-refractivity contribution in [3.05, 3.63) is 64.3 Å². The second kappa shape index (κ2) is 4.69. The number of rotatable bonds is 2. The average Bonchev–Trinajstić information content (AvgIpc) is 2.81. The Hall–Kier alpha value is -2.26. The minimum Gasteiger partial charge on any atom is -0.399 e. The molecule has 3 rings (SSSR count). The maximum atomic E-state index is 12.7. The van der Waals surface area contributed by atoms with E-state index in [1.807, 2.05) is 13.0 Å². The molecule has 4 heteroatoms. The maximum Gasteiger partial charge on any atom is 0.195 e. The van der Waals surface area contributed by atoms with Crippen LogP contribution in [0.5, 0.6) is 0 Å². The lowest BCUT2D eigenvalue weighted by atomic mass is 9.98. The third-order valence-corrected chi connectivity index (χ3v) is 3.62. The van der Waals surface area contributed by atoms with Crippen LogP contribution in [0.1, 0.15) is 21.5 Å². The number of nitrogens with one attached hydrogen (secondary N) is 1. The van der Waals surface area contributed by atoms with Gasteiger partial charge in [0.1, 0.15) is 0 Å². The Morgan fingerprint density at radius 1 is 1.15 bits per heavy atom. The van der Waals surface area contributed by atoms with Crippen molar-refractivity contribution in [3.8, 4) is 0 Å². The van der Waals surface area contributed by atoms with Crippen LogP contribution >= 0.6 is 11.6 Å². The number of aromatic nitrogens is 1. The molecular weight excluding hydrogens is 272 g/mol. The summed E-state index contributed by atoms with van der Waals surface area (Å²) in [5, 5.41) is 1.44. The van der Waals surface area contributed by atoms with Crippen LogP contribution in [0.3, 0.4) is 0 Å². The van der Waals surface area contributed by atoms with Gasteiger partial charge in [-0.15, -0.1) is 0 Å². The van der Waals surface area contributed by atoms with Gasteiger partial charge < -0.3 is 10.7 Å².